The van der Waals surface area contributed by atoms with Crippen LogP contribution >= 0.6 is 11.6 Å². The number of aliphatic hydroxyl groups is 2. The number of carbonyl (C=O) groups is 1. The molecule has 0 aromatic heterocycles. The van der Waals surface area contributed by atoms with Crippen molar-refractivity contribution in [3.8, 4) is 5.75 Å². The summed E-state index contributed by atoms with van der Waals surface area (Å²) in [6.45, 7) is 1.46. The molecule has 1 aliphatic rings. The Hall–Kier alpha value is -1.30. The Morgan fingerprint density at radius 3 is 2.89 bits per heavy atom. The van der Waals surface area contributed by atoms with Crippen LogP contribution in [0.4, 0.5) is 5.69 Å². The van der Waals surface area contributed by atoms with Crippen molar-refractivity contribution in [3.05, 3.63) is 23.2 Å². The Balaban J connectivity index is 2.38. The number of aliphatic hydroxyl groups excluding tert-OH is 2. The number of carbonyl (C=O) groups excluding carboxylic acids is 1. The molecule has 1 amide bonds. The predicted octanol–water partition coefficient (Wildman–Crippen LogP) is 1.20. The number of benzene rings is 1. The van der Waals surface area contributed by atoms with Crippen molar-refractivity contribution in [1.29, 1.82) is 0 Å². The minimum Gasteiger partial charge on any atom is -0.478 e. The Morgan fingerprint density at radius 1 is 1.53 bits per heavy atom. The molecule has 5 nitrogen and oxygen atoms in total. The van der Waals surface area contributed by atoms with Gasteiger partial charge in [0, 0.05) is 5.02 Å². The van der Waals surface area contributed by atoms with Gasteiger partial charge >= 0.3 is 0 Å². The first kappa shape index (κ1) is 14.1. The zero-order valence-electron chi connectivity index (χ0n) is 10.5. The van der Waals surface area contributed by atoms with E-state index in [0.717, 1.165) is 0 Å². The molecule has 1 aliphatic heterocycles. The fourth-order valence-electron chi connectivity index (χ4n) is 2.01. The van der Waals surface area contributed by atoms with Gasteiger partial charge in [-0.1, -0.05) is 18.5 Å². The van der Waals surface area contributed by atoms with E-state index in [1.54, 1.807) is 18.2 Å². The topological polar surface area (TPSA) is 70.0 Å². The minimum absolute atomic E-state index is 0.0164. The molecule has 1 aromatic rings. The Bertz CT molecular complexity index is 480. The highest BCUT2D eigenvalue weighted by Gasteiger charge is 2.34. The van der Waals surface area contributed by atoms with E-state index >= 15 is 0 Å². The number of fused-ring (bicyclic) bond motifs is 1. The van der Waals surface area contributed by atoms with Gasteiger partial charge in [-0.25, -0.2) is 0 Å². The molecule has 1 aromatic carbocycles. The molecule has 2 rings (SSSR count). The first-order valence-corrected chi connectivity index (χ1v) is 6.51. The molecule has 1 heterocycles. The van der Waals surface area contributed by atoms with Crippen molar-refractivity contribution in [1.82, 2.24) is 0 Å². The van der Waals surface area contributed by atoms with Gasteiger partial charge in [-0.15, -0.1) is 0 Å². The summed E-state index contributed by atoms with van der Waals surface area (Å²) in [5.41, 5.74) is 0.523. The third-order valence-electron chi connectivity index (χ3n) is 3.00. The fraction of sp³-hybridized carbons (Fsp3) is 0.462. The van der Waals surface area contributed by atoms with Crippen LogP contribution < -0.4 is 9.64 Å². The number of anilines is 1. The Morgan fingerprint density at radius 2 is 2.26 bits per heavy atom. The highest BCUT2D eigenvalue weighted by molar-refractivity contribution is 6.31. The second-order valence-corrected chi connectivity index (χ2v) is 4.85. The van der Waals surface area contributed by atoms with E-state index in [0.29, 0.717) is 22.9 Å². The third kappa shape index (κ3) is 2.83. The van der Waals surface area contributed by atoms with Gasteiger partial charge in [0.15, 0.2) is 6.10 Å². The van der Waals surface area contributed by atoms with Crippen LogP contribution in [0.3, 0.4) is 0 Å². The number of hydrogen-bond acceptors (Lipinski definition) is 4. The second-order valence-electron chi connectivity index (χ2n) is 4.41. The molecule has 0 aliphatic carbocycles. The molecule has 2 unspecified atom stereocenters. The quantitative estimate of drug-likeness (QED) is 0.872. The maximum atomic E-state index is 12.2. The van der Waals surface area contributed by atoms with Crippen LogP contribution in [0, 0.1) is 0 Å². The van der Waals surface area contributed by atoms with Crippen LogP contribution in [-0.2, 0) is 4.79 Å². The van der Waals surface area contributed by atoms with Gasteiger partial charge in [-0.05, 0) is 24.6 Å². The van der Waals surface area contributed by atoms with Gasteiger partial charge in [0.1, 0.15) is 5.75 Å². The Labute approximate surface area is 116 Å². The molecule has 0 spiro atoms. The lowest BCUT2D eigenvalue weighted by Gasteiger charge is -2.35. The molecule has 0 radical (unpaired) electrons. The summed E-state index contributed by atoms with van der Waals surface area (Å²) < 4.78 is 5.60. The van der Waals surface area contributed by atoms with E-state index in [9.17, 15) is 9.90 Å². The summed E-state index contributed by atoms with van der Waals surface area (Å²) in [6.07, 6.45) is -1.03. The summed E-state index contributed by atoms with van der Waals surface area (Å²) in [7, 11) is 0. The van der Waals surface area contributed by atoms with Crippen molar-refractivity contribution >= 4 is 23.2 Å². The monoisotopic (exact) mass is 285 g/mol. The zero-order valence-corrected chi connectivity index (χ0v) is 11.3. The molecule has 0 fully saturated rings. The van der Waals surface area contributed by atoms with Crippen LogP contribution in [0.25, 0.3) is 0 Å². The first-order chi connectivity index (χ1) is 9.06. The highest BCUT2D eigenvalue weighted by atomic mass is 35.5. The largest absolute Gasteiger partial charge is 0.478 e. The predicted molar refractivity (Wildman–Crippen MR) is 71.6 cm³/mol. The van der Waals surface area contributed by atoms with E-state index in [2.05, 4.69) is 0 Å². The van der Waals surface area contributed by atoms with Crippen LogP contribution in [0.2, 0.25) is 5.02 Å². The fourth-order valence-corrected chi connectivity index (χ4v) is 2.18. The van der Waals surface area contributed by atoms with Gasteiger partial charge in [0.05, 0.1) is 24.9 Å². The molecule has 0 saturated carbocycles. The molecule has 104 valence electrons. The molecule has 2 N–H and O–H groups in total. The van der Waals surface area contributed by atoms with E-state index in [1.807, 2.05) is 6.92 Å². The number of halogens is 1. The smallest absolute Gasteiger partial charge is 0.268 e. The minimum atomic E-state index is -0.994. The lowest BCUT2D eigenvalue weighted by molar-refractivity contribution is -0.126. The van der Waals surface area contributed by atoms with E-state index in [4.69, 9.17) is 21.4 Å². The van der Waals surface area contributed by atoms with Crippen molar-refractivity contribution in [2.45, 2.75) is 25.6 Å². The maximum Gasteiger partial charge on any atom is 0.268 e. The number of hydrogen-bond donors (Lipinski definition) is 2. The zero-order chi connectivity index (χ0) is 14.0. The van der Waals surface area contributed by atoms with Gasteiger partial charge in [-0.3, -0.25) is 4.79 Å². The summed E-state index contributed by atoms with van der Waals surface area (Å²) in [5, 5.41) is 19.0. The van der Waals surface area contributed by atoms with E-state index in [-0.39, 0.29) is 12.5 Å². The first-order valence-electron chi connectivity index (χ1n) is 6.13. The molecule has 19 heavy (non-hydrogen) atoms. The molecular weight excluding hydrogens is 270 g/mol. The van der Waals surface area contributed by atoms with Crippen molar-refractivity contribution in [2.75, 3.05) is 18.1 Å². The average molecular weight is 286 g/mol. The average Bonchev–Trinajstić information content (AvgIpc) is 2.41. The Kier molecular flexibility index (Phi) is 4.29. The standard InChI is InChI=1S/C13H16ClNO4/c1-2-11-13(18)15(6-9(17)7-16)10-5-8(14)3-4-12(10)19-11/h3-5,9,11,16-17H,2,6-7H2,1H3. The SMILES string of the molecule is CCC1Oc2ccc(Cl)cc2N(CC(O)CO)C1=O. The number of nitrogens with zero attached hydrogens (tertiary/aromatic N) is 1. The van der Waals surface area contributed by atoms with E-state index in [1.165, 1.54) is 4.90 Å². The van der Waals surface area contributed by atoms with Crippen LogP contribution in [0.1, 0.15) is 13.3 Å². The molecular formula is C13H16ClNO4. The highest BCUT2D eigenvalue weighted by Crippen LogP contribution is 2.36. The van der Waals surface area contributed by atoms with E-state index < -0.39 is 18.8 Å². The van der Waals surface area contributed by atoms with Gasteiger partial charge in [0.25, 0.3) is 5.91 Å². The lowest BCUT2D eigenvalue weighted by atomic mass is 10.1. The van der Waals surface area contributed by atoms with Crippen molar-refractivity contribution < 1.29 is 19.7 Å². The van der Waals surface area contributed by atoms with Crippen LogP contribution in [0.5, 0.6) is 5.75 Å². The summed E-state index contributed by atoms with van der Waals surface area (Å²) >= 11 is 5.92. The maximum absolute atomic E-state index is 12.2. The molecule has 0 bridgehead atoms. The van der Waals surface area contributed by atoms with Crippen molar-refractivity contribution in [2.24, 2.45) is 0 Å². The number of ether oxygens (including phenoxy) is 1. The third-order valence-corrected chi connectivity index (χ3v) is 3.23. The number of amides is 1. The lowest BCUT2D eigenvalue weighted by Crippen LogP contribution is -2.49. The van der Waals surface area contributed by atoms with Gasteiger partial charge < -0.3 is 19.8 Å². The second kappa shape index (κ2) is 5.77. The summed E-state index contributed by atoms with van der Waals surface area (Å²) in [4.78, 5) is 13.7. The van der Waals surface area contributed by atoms with Gasteiger partial charge in [0.2, 0.25) is 0 Å². The van der Waals surface area contributed by atoms with Crippen LogP contribution in [-0.4, -0.2) is 41.5 Å². The number of β-amino-alcohol motifs (C(OH)–C–C–N with tert-alkyl or cyclic N) is 1. The number of rotatable bonds is 4. The normalized spacial score (nSPS) is 19.9. The van der Waals surface area contributed by atoms with Gasteiger partial charge in [-0.2, -0.15) is 0 Å². The summed E-state index contributed by atoms with van der Waals surface area (Å²) in [5.74, 6) is 0.325. The van der Waals surface area contributed by atoms with Crippen molar-refractivity contribution in [3.63, 3.8) is 0 Å². The van der Waals surface area contributed by atoms with Crippen LogP contribution in [0.15, 0.2) is 18.2 Å². The summed E-state index contributed by atoms with van der Waals surface area (Å²) in [6, 6.07) is 5.00. The molecule has 2 atom stereocenters. The molecule has 0 saturated heterocycles. The molecule has 6 heteroatoms.